The normalized spacial score (nSPS) is 18.5. The van der Waals surface area contributed by atoms with Gasteiger partial charge in [0.05, 0.1) is 6.42 Å². The molecule has 0 saturated carbocycles. The molecule has 1 unspecified atom stereocenters. The van der Waals surface area contributed by atoms with Crippen LogP contribution in [-0.2, 0) is 15.6 Å². The highest BCUT2D eigenvalue weighted by molar-refractivity contribution is 7.84. The fourth-order valence-corrected chi connectivity index (χ4v) is 5.18. The molecular weight excluding hydrogens is 435 g/mol. The zero-order chi connectivity index (χ0) is 23.4. The summed E-state index contributed by atoms with van der Waals surface area (Å²) in [4.78, 5) is 15.9. The number of halogens is 1. The lowest BCUT2D eigenvalue weighted by atomic mass is 10.0. The molecule has 4 nitrogen and oxygen atoms in total. The first-order valence-corrected chi connectivity index (χ1v) is 13.1. The number of hydrogen-bond acceptors (Lipinski definition) is 3. The van der Waals surface area contributed by atoms with E-state index in [-0.39, 0.29) is 18.1 Å². The maximum absolute atomic E-state index is 14.1. The van der Waals surface area contributed by atoms with Crippen LogP contribution in [0.2, 0.25) is 0 Å². The lowest BCUT2D eigenvalue weighted by Gasteiger charge is -2.26. The van der Waals surface area contributed by atoms with E-state index in [2.05, 4.69) is 16.3 Å². The van der Waals surface area contributed by atoms with Gasteiger partial charge in [-0.1, -0.05) is 24.6 Å². The first-order chi connectivity index (χ1) is 15.9. The van der Waals surface area contributed by atoms with Crippen LogP contribution in [0.15, 0.2) is 52.9 Å². The first kappa shape index (κ1) is 23.6. The smallest absolute Gasteiger partial charge is 0.224 e. The SMILES string of the molecule is CC1=C(CC(=O)NCCN2CCCCC2)c2cc(F)ccc2C1=Cc1ccc(S(C)=O)cc1. The average Bonchev–Trinajstić information content (AvgIpc) is 3.05. The maximum Gasteiger partial charge on any atom is 0.224 e. The zero-order valence-corrected chi connectivity index (χ0v) is 20.1. The van der Waals surface area contributed by atoms with Gasteiger partial charge in [0, 0.05) is 35.0 Å². The predicted octanol–water partition coefficient (Wildman–Crippen LogP) is 4.88. The minimum Gasteiger partial charge on any atom is -0.355 e. The van der Waals surface area contributed by atoms with Gasteiger partial charge in [-0.25, -0.2) is 4.39 Å². The van der Waals surface area contributed by atoms with E-state index in [9.17, 15) is 13.4 Å². The molecule has 0 radical (unpaired) electrons. The Labute approximate surface area is 198 Å². The van der Waals surface area contributed by atoms with Crippen molar-refractivity contribution in [3.63, 3.8) is 0 Å². The van der Waals surface area contributed by atoms with Gasteiger partial charge in [0.25, 0.3) is 0 Å². The van der Waals surface area contributed by atoms with Crippen molar-refractivity contribution < 1.29 is 13.4 Å². The van der Waals surface area contributed by atoms with Crippen LogP contribution in [0.3, 0.4) is 0 Å². The van der Waals surface area contributed by atoms with Crippen molar-refractivity contribution in [1.29, 1.82) is 0 Å². The van der Waals surface area contributed by atoms with Crippen LogP contribution >= 0.6 is 0 Å². The number of hydrogen-bond donors (Lipinski definition) is 1. The number of carbonyl (C=O) groups is 1. The number of likely N-dealkylation sites (tertiary alicyclic amines) is 1. The van der Waals surface area contributed by atoms with Crippen LogP contribution in [0.25, 0.3) is 17.2 Å². The molecule has 2 aromatic rings. The van der Waals surface area contributed by atoms with Crippen molar-refractivity contribution in [2.75, 3.05) is 32.4 Å². The van der Waals surface area contributed by atoms with Gasteiger partial charge in [0.2, 0.25) is 5.91 Å². The number of nitrogens with zero attached hydrogens (tertiary/aromatic N) is 1. The van der Waals surface area contributed by atoms with Crippen LogP contribution in [0.5, 0.6) is 0 Å². The summed E-state index contributed by atoms with van der Waals surface area (Å²) in [7, 11) is -1.02. The molecule has 2 aliphatic rings. The van der Waals surface area contributed by atoms with E-state index in [4.69, 9.17) is 0 Å². The Morgan fingerprint density at radius 1 is 1.09 bits per heavy atom. The van der Waals surface area contributed by atoms with E-state index in [1.807, 2.05) is 31.2 Å². The number of benzene rings is 2. The summed E-state index contributed by atoms with van der Waals surface area (Å²) in [5.41, 5.74) is 5.55. The van der Waals surface area contributed by atoms with Crippen molar-refractivity contribution in [3.05, 3.63) is 70.5 Å². The topological polar surface area (TPSA) is 49.4 Å². The molecule has 6 heteroatoms. The Morgan fingerprint density at radius 2 is 1.82 bits per heavy atom. The Balaban J connectivity index is 1.52. The van der Waals surface area contributed by atoms with Crippen LogP contribution in [-0.4, -0.2) is 47.5 Å². The largest absolute Gasteiger partial charge is 0.355 e. The molecule has 1 heterocycles. The van der Waals surface area contributed by atoms with Crippen LogP contribution in [0.1, 0.15) is 49.3 Å². The van der Waals surface area contributed by atoms with E-state index in [1.54, 1.807) is 12.3 Å². The van der Waals surface area contributed by atoms with Gasteiger partial charge in [-0.15, -0.1) is 0 Å². The van der Waals surface area contributed by atoms with Crippen molar-refractivity contribution in [3.8, 4) is 0 Å². The van der Waals surface area contributed by atoms with Crippen molar-refractivity contribution in [2.24, 2.45) is 0 Å². The zero-order valence-electron chi connectivity index (χ0n) is 19.3. The van der Waals surface area contributed by atoms with E-state index in [0.29, 0.717) is 6.54 Å². The van der Waals surface area contributed by atoms with Gasteiger partial charge in [0.15, 0.2) is 0 Å². The fraction of sp³-hybridized carbons (Fsp3) is 0.370. The summed E-state index contributed by atoms with van der Waals surface area (Å²) in [5, 5.41) is 3.05. The minimum absolute atomic E-state index is 0.0346. The molecule has 174 valence electrons. The summed E-state index contributed by atoms with van der Waals surface area (Å²) in [5.74, 6) is -0.340. The number of nitrogens with one attached hydrogen (secondary N) is 1. The summed E-state index contributed by atoms with van der Waals surface area (Å²) in [6.45, 7) is 5.72. The molecular formula is C27H31FN2O2S. The van der Waals surface area contributed by atoms with Crippen LogP contribution in [0, 0.1) is 5.82 Å². The molecule has 1 N–H and O–H groups in total. The summed E-state index contributed by atoms with van der Waals surface area (Å²) in [6.07, 6.45) is 7.70. The molecule has 0 aromatic heterocycles. The monoisotopic (exact) mass is 466 g/mol. The number of fused-ring (bicyclic) bond motifs is 1. The average molecular weight is 467 g/mol. The molecule has 1 atom stereocenters. The molecule has 1 amide bonds. The number of amides is 1. The highest BCUT2D eigenvalue weighted by atomic mass is 32.2. The summed E-state index contributed by atoms with van der Waals surface area (Å²) in [6, 6.07) is 12.4. The van der Waals surface area contributed by atoms with Crippen molar-refractivity contribution in [2.45, 2.75) is 37.5 Å². The third-order valence-electron chi connectivity index (χ3n) is 6.51. The minimum atomic E-state index is -1.02. The molecule has 0 bridgehead atoms. The molecule has 4 rings (SSSR count). The van der Waals surface area contributed by atoms with E-state index in [0.717, 1.165) is 57.9 Å². The highest BCUT2D eigenvalue weighted by Gasteiger charge is 2.25. The second-order valence-electron chi connectivity index (χ2n) is 8.80. The lowest BCUT2D eigenvalue weighted by Crippen LogP contribution is -2.37. The van der Waals surface area contributed by atoms with Gasteiger partial charge in [-0.05, 0) is 96.6 Å². The number of rotatable bonds is 7. The third-order valence-corrected chi connectivity index (χ3v) is 7.45. The van der Waals surface area contributed by atoms with Crippen molar-refractivity contribution in [1.82, 2.24) is 10.2 Å². The number of carbonyl (C=O) groups excluding carboxylic acids is 1. The molecule has 0 spiro atoms. The van der Waals surface area contributed by atoms with E-state index >= 15 is 0 Å². The molecule has 1 saturated heterocycles. The second kappa shape index (κ2) is 10.6. The Hall–Kier alpha value is -2.57. The molecule has 1 aliphatic carbocycles. The number of allylic oxidation sites excluding steroid dienone is 2. The second-order valence-corrected chi connectivity index (χ2v) is 10.2. The predicted molar refractivity (Wildman–Crippen MR) is 134 cm³/mol. The fourth-order valence-electron chi connectivity index (χ4n) is 4.66. The first-order valence-electron chi connectivity index (χ1n) is 11.6. The standard InChI is InChI=1S/C27H31FN2O2S/c1-19-24(16-20-6-9-22(10-7-20)33(2)32)23-11-8-21(28)17-26(23)25(19)18-27(31)29-12-15-30-13-4-3-5-14-30/h6-11,16-17H,3-5,12-15,18H2,1-2H3,(H,29,31). The van der Waals surface area contributed by atoms with Gasteiger partial charge in [-0.3, -0.25) is 9.00 Å². The Bertz CT molecular complexity index is 1120. The Morgan fingerprint density at radius 3 is 2.52 bits per heavy atom. The van der Waals surface area contributed by atoms with Gasteiger partial charge < -0.3 is 10.2 Å². The van der Waals surface area contributed by atoms with Crippen LogP contribution < -0.4 is 5.32 Å². The van der Waals surface area contributed by atoms with E-state index in [1.165, 1.54) is 31.4 Å². The van der Waals surface area contributed by atoms with E-state index < -0.39 is 10.8 Å². The summed E-state index contributed by atoms with van der Waals surface area (Å²) < 4.78 is 25.8. The summed E-state index contributed by atoms with van der Waals surface area (Å²) >= 11 is 0. The molecule has 33 heavy (non-hydrogen) atoms. The molecule has 1 fully saturated rings. The highest BCUT2D eigenvalue weighted by Crippen LogP contribution is 2.43. The third kappa shape index (κ3) is 5.68. The number of piperidine rings is 1. The van der Waals surface area contributed by atoms with Gasteiger partial charge >= 0.3 is 0 Å². The van der Waals surface area contributed by atoms with Crippen molar-refractivity contribution >= 4 is 33.9 Å². The molecule has 2 aromatic carbocycles. The quantitative estimate of drug-likeness (QED) is 0.633. The lowest BCUT2D eigenvalue weighted by molar-refractivity contribution is -0.120. The Kier molecular flexibility index (Phi) is 7.56. The van der Waals surface area contributed by atoms with Crippen LogP contribution in [0.4, 0.5) is 4.39 Å². The van der Waals surface area contributed by atoms with Gasteiger partial charge in [0.1, 0.15) is 5.82 Å². The van der Waals surface area contributed by atoms with Gasteiger partial charge in [-0.2, -0.15) is 0 Å². The maximum atomic E-state index is 14.1. The molecule has 1 aliphatic heterocycles.